The minimum atomic E-state index is -1.22. The van der Waals surface area contributed by atoms with Crippen molar-refractivity contribution in [2.24, 2.45) is 0 Å². The van der Waals surface area contributed by atoms with Crippen LogP contribution in [0.5, 0.6) is 11.5 Å². The van der Waals surface area contributed by atoms with E-state index in [4.69, 9.17) is 24.7 Å². The number of fused-ring (bicyclic) bond motifs is 1. The Morgan fingerprint density at radius 2 is 2.03 bits per heavy atom. The third kappa shape index (κ3) is 4.80. The van der Waals surface area contributed by atoms with Crippen molar-refractivity contribution in [2.75, 3.05) is 19.5 Å². The number of rotatable bonds is 9. The van der Waals surface area contributed by atoms with Gasteiger partial charge in [-0.2, -0.15) is 0 Å². The molecule has 0 amide bonds. The molecule has 182 valence electrons. The van der Waals surface area contributed by atoms with E-state index in [9.17, 15) is 15.0 Å². The zero-order valence-electron chi connectivity index (χ0n) is 18.8. The fourth-order valence-electron chi connectivity index (χ4n) is 3.71. The molecule has 1 aromatic carbocycles. The van der Waals surface area contributed by atoms with E-state index in [-0.39, 0.29) is 25.0 Å². The van der Waals surface area contributed by atoms with Gasteiger partial charge in [-0.25, -0.2) is 15.0 Å². The highest BCUT2D eigenvalue weighted by atomic mass is 16.6. The molecule has 12 heteroatoms. The van der Waals surface area contributed by atoms with Gasteiger partial charge in [-0.1, -0.05) is 13.0 Å². The second-order valence-corrected chi connectivity index (χ2v) is 7.85. The van der Waals surface area contributed by atoms with E-state index in [0.717, 1.165) is 5.56 Å². The third-order valence-corrected chi connectivity index (χ3v) is 5.46. The molecule has 2 aromatic heterocycles. The number of hydrogen-bond donors (Lipinski definition) is 3. The van der Waals surface area contributed by atoms with E-state index < -0.39 is 24.5 Å². The number of ether oxygens (including phenoxy) is 4. The van der Waals surface area contributed by atoms with Crippen molar-refractivity contribution < 1.29 is 34.0 Å². The number of hydrogen-bond acceptors (Lipinski definition) is 11. The lowest BCUT2D eigenvalue weighted by molar-refractivity contribution is -0.134. The topological polar surface area (TPSA) is 164 Å². The van der Waals surface area contributed by atoms with Gasteiger partial charge in [-0.05, 0) is 24.1 Å². The maximum absolute atomic E-state index is 11.8. The normalized spacial score (nSPS) is 22.2. The number of benzene rings is 1. The molecule has 1 fully saturated rings. The summed E-state index contributed by atoms with van der Waals surface area (Å²) in [7, 11) is 1.49. The molecule has 1 aliphatic heterocycles. The van der Waals surface area contributed by atoms with Crippen LogP contribution in [-0.4, -0.2) is 67.7 Å². The molecule has 4 rings (SSSR count). The number of carbonyl (C=O) groups excluding carboxylic acids is 1. The summed E-state index contributed by atoms with van der Waals surface area (Å²) in [6.45, 7) is 2.10. The molecule has 0 saturated carbocycles. The Labute approximate surface area is 195 Å². The molecule has 1 saturated heterocycles. The van der Waals surface area contributed by atoms with Crippen LogP contribution in [-0.2, 0) is 20.9 Å². The van der Waals surface area contributed by atoms with Gasteiger partial charge in [0, 0.05) is 6.42 Å². The van der Waals surface area contributed by atoms with E-state index in [1.54, 1.807) is 18.2 Å². The van der Waals surface area contributed by atoms with Crippen molar-refractivity contribution in [1.82, 2.24) is 19.5 Å². The molecular weight excluding hydrogens is 446 g/mol. The molecule has 4 N–H and O–H groups in total. The first kappa shape index (κ1) is 23.8. The fourth-order valence-corrected chi connectivity index (χ4v) is 3.71. The van der Waals surface area contributed by atoms with Gasteiger partial charge in [0.2, 0.25) is 0 Å². The molecule has 34 heavy (non-hydrogen) atoms. The molecule has 0 unspecified atom stereocenters. The van der Waals surface area contributed by atoms with Crippen LogP contribution in [0.3, 0.4) is 0 Å². The monoisotopic (exact) mass is 473 g/mol. The van der Waals surface area contributed by atoms with E-state index >= 15 is 0 Å². The number of aromatic nitrogens is 4. The van der Waals surface area contributed by atoms with Gasteiger partial charge in [-0.3, -0.25) is 9.36 Å². The summed E-state index contributed by atoms with van der Waals surface area (Å²) in [6.07, 6.45) is -0.376. The molecule has 3 heterocycles. The molecule has 12 nitrogen and oxygen atoms in total. The van der Waals surface area contributed by atoms with Crippen molar-refractivity contribution in [3.63, 3.8) is 0 Å². The lowest BCUT2D eigenvalue weighted by Crippen LogP contribution is -2.33. The van der Waals surface area contributed by atoms with Crippen molar-refractivity contribution in [3.05, 3.63) is 36.4 Å². The van der Waals surface area contributed by atoms with Crippen LogP contribution in [0.2, 0.25) is 0 Å². The highest BCUT2D eigenvalue weighted by Crippen LogP contribution is 2.33. The van der Waals surface area contributed by atoms with Crippen LogP contribution < -0.4 is 15.2 Å². The summed E-state index contributed by atoms with van der Waals surface area (Å²) in [4.78, 5) is 24.0. The zero-order chi connectivity index (χ0) is 24.2. The average Bonchev–Trinajstić information content (AvgIpc) is 3.37. The third-order valence-electron chi connectivity index (χ3n) is 5.46. The van der Waals surface area contributed by atoms with Crippen molar-refractivity contribution in [3.8, 4) is 11.5 Å². The Bertz CT molecular complexity index is 1150. The van der Waals surface area contributed by atoms with Gasteiger partial charge in [-0.15, -0.1) is 0 Å². The number of nitrogens with zero attached hydrogens (tertiary/aromatic N) is 4. The lowest BCUT2D eigenvalue weighted by atomic mass is 10.1. The highest BCUT2D eigenvalue weighted by Gasteiger charge is 2.44. The van der Waals surface area contributed by atoms with Crippen molar-refractivity contribution in [2.45, 2.75) is 50.9 Å². The lowest BCUT2D eigenvalue weighted by Gasteiger charge is -2.16. The number of aliphatic hydroxyl groups excluding tert-OH is 2. The van der Waals surface area contributed by atoms with Crippen molar-refractivity contribution >= 4 is 23.0 Å². The molecular formula is C22H27N5O7. The van der Waals surface area contributed by atoms with Crippen LogP contribution in [0.15, 0.2) is 30.9 Å². The summed E-state index contributed by atoms with van der Waals surface area (Å²) < 4.78 is 23.7. The molecule has 0 aliphatic carbocycles. The molecule has 0 bridgehead atoms. The number of methoxy groups -OCH3 is 1. The Kier molecular flexibility index (Phi) is 7.22. The van der Waals surface area contributed by atoms with E-state index in [1.165, 1.54) is 24.3 Å². The molecule has 0 spiro atoms. The van der Waals surface area contributed by atoms with Gasteiger partial charge < -0.3 is 34.9 Å². The fraction of sp³-hybridized carbons (Fsp3) is 0.455. The number of imidazole rings is 1. The zero-order valence-corrected chi connectivity index (χ0v) is 18.8. The largest absolute Gasteiger partial charge is 0.493 e. The predicted octanol–water partition coefficient (Wildman–Crippen LogP) is 0.959. The second kappa shape index (κ2) is 10.3. The number of nitrogens with two attached hydrogens (primary N) is 1. The Hall–Kier alpha value is -3.32. The quantitative estimate of drug-likeness (QED) is 0.299. The highest BCUT2D eigenvalue weighted by molar-refractivity contribution is 5.81. The molecule has 4 atom stereocenters. The minimum absolute atomic E-state index is 0.0219. The minimum Gasteiger partial charge on any atom is -0.493 e. The Balaban J connectivity index is 1.37. The summed E-state index contributed by atoms with van der Waals surface area (Å²) in [5.41, 5.74) is 7.35. The predicted molar refractivity (Wildman–Crippen MR) is 119 cm³/mol. The molecule has 0 radical (unpaired) electrons. The van der Waals surface area contributed by atoms with Crippen LogP contribution in [0.4, 0.5) is 5.82 Å². The maximum Gasteiger partial charge on any atom is 0.311 e. The Morgan fingerprint density at radius 3 is 2.79 bits per heavy atom. The van der Waals surface area contributed by atoms with Gasteiger partial charge in [0.1, 0.15) is 30.2 Å². The van der Waals surface area contributed by atoms with Crippen LogP contribution in [0.25, 0.3) is 11.2 Å². The number of anilines is 1. The number of carbonyl (C=O) groups is 1. The van der Waals surface area contributed by atoms with Crippen LogP contribution in [0, 0.1) is 0 Å². The second-order valence-electron chi connectivity index (χ2n) is 7.85. The summed E-state index contributed by atoms with van der Waals surface area (Å²) in [5.74, 6) is 0.622. The first-order chi connectivity index (χ1) is 16.4. The molecule has 1 aliphatic rings. The first-order valence-electron chi connectivity index (χ1n) is 10.8. The summed E-state index contributed by atoms with van der Waals surface area (Å²) in [5, 5.41) is 21.0. The van der Waals surface area contributed by atoms with Gasteiger partial charge in [0.25, 0.3) is 0 Å². The SMILES string of the molecule is CCCC(=O)Oc1ccc(COC[C@H]2O[C@@H](n3cnc4c(N)ncnc43)[C@H](O)[C@@H]2O)cc1OC. The maximum atomic E-state index is 11.8. The smallest absolute Gasteiger partial charge is 0.311 e. The Morgan fingerprint density at radius 1 is 1.21 bits per heavy atom. The number of nitrogen functional groups attached to an aromatic ring is 1. The van der Waals surface area contributed by atoms with E-state index in [2.05, 4.69) is 15.0 Å². The van der Waals surface area contributed by atoms with Crippen LogP contribution >= 0.6 is 0 Å². The standard InChI is InChI=1S/C22H27N5O7/c1-3-4-16(28)33-13-6-5-12(7-14(13)31-2)8-32-9-15-18(29)19(30)22(34-15)27-11-26-17-20(23)24-10-25-21(17)27/h5-7,10-11,15,18-19,22,29-30H,3-4,8-9H2,1-2H3,(H2,23,24,25)/t15-,18-,19-,22-/m1/s1. The number of esters is 1. The summed E-state index contributed by atoms with van der Waals surface area (Å²) >= 11 is 0. The van der Waals surface area contributed by atoms with E-state index in [0.29, 0.717) is 35.5 Å². The van der Waals surface area contributed by atoms with Crippen LogP contribution in [0.1, 0.15) is 31.6 Å². The van der Waals surface area contributed by atoms with Gasteiger partial charge in [0.05, 0.1) is 26.7 Å². The summed E-state index contributed by atoms with van der Waals surface area (Å²) in [6, 6.07) is 5.10. The number of aliphatic hydroxyl groups is 2. The molecule has 3 aromatic rings. The average molecular weight is 473 g/mol. The van der Waals surface area contributed by atoms with Gasteiger partial charge >= 0.3 is 5.97 Å². The first-order valence-corrected chi connectivity index (χ1v) is 10.8. The van der Waals surface area contributed by atoms with Gasteiger partial charge in [0.15, 0.2) is 29.2 Å². The van der Waals surface area contributed by atoms with Crippen molar-refractivity contribution in [1.29, 1.82) is 0 Å². The van der Waals surface area contributed by atoms with E-state index in [1.807, 2.05) is 6.92 Å².